The van der Waals surface area contributed by atoms with E-state index in [1.165, 1.54) is 4.88 Å². The Morgan fingerprint density at radius 3 is 2.64 bits per heavy atom. The molecular formula is C17H19ClN2OS. The number of carbonyl (C=O) groups excluding carboxylic acids is 1. The fourth-order valence-electron chi connectivity index (χ4n) is 2.02. The number of carbonyl (C=O) groups is 1. The Bertz CT molecular complexity index is 621. The van der Waals surface area contributed by atoms with Gasteiger partial charge in [0.15, 0.2) is 0 Å². The summed E-state index contributed by atoms with van der Waals surface area (Å²) < 4.78 is 0. The van der Waals surface area contributed by atoms with Crippen LogP contribution in [0.2, 0.25) is 5.02 Å². The number of hydrogen-bond donors (Lipinski definition) is 1. The Morgan fingerprint density at radius 1 is 1.32 bits per heavy atom. The Morgan fingerprint density at radius 2 is 2.05 bits per heavy atom. The molecule has 0 radical (unpaired) electrons. The normalized spacial score (nSPS) is 12.7. The molecule has 2 aromatic rings. The van der Waals surface area contributed by atoms with Gasteiger partial charge in [0.2, 0.25) is 5.91 Å². The molecule has 0 aliphatic carbocycles. The fourth-order valence-corrected chi connectivity index (χ4v) is 3.07. The molecule has 1 aromatic carbocycles. The lowest BCUT2D eigenvalue weighted by Gasteiger charge is -2.23. The van der Waals surface area contributed by atoms with Gasteiger partial charge in [0, 0.05) is 22.5 Å². The van der Waals surface area contributed by atoms with Crippen molar-refractivity contribution in [2.24, 2.45) is 0 Å². The highest BCUT2D eigenvalue weighted by Crippen LogP contribution is 2.22. The molecule has 0 aliphatic heterocycles. The summed E-state index contributed by atoms with van der Waals surface area (Å²) in [5.41, 5.74) is 0.946. The third-order valence-electron chi connectivity index (χ3n) is 3.26. The lowest BCUT2D eigenvalue weighted by atomic mass is 10.2. The highest BCUT2D eigenvalue weighted by Gasteiger charge is 2.15. The Labute approximate surface area is 140 Å². The molecule has 1 atom stereocenters. The van der Waals surface area contributed by atoms with Crippen LogP contribution in [0.15, 0.2) is 47.9 Å². The molecule has 22 heavy (non-hydrogen) atoms. The zero-order valence-electron chi connectivity index (χ0n) is 12.6. The first kappa shape index (κ1) is 16.7. The minimum Gasteiger partial charge on any atom is -0.351 e. The van der Waals surface area contributed by atoms with Crippen LogP contribution in [0.25, 0.3) is 6.08 Å². The third kappa shape index (κ3) is 4.98. The summed E-state index contributed by atoms with van der Waals surface area (Å²) in [6.07, 6.45) is 3.33. The SMILES string of the molecule is CN(C)C(CNC(=O)/C=C/c1ccc(Cl)cc1)c1cccs1. The monoisotopic (exact) mass is 334 g/mol. The number of thiophene rings is 1. The first-order chi connectivity index (χ1) is 10.6. The largest absolute Gasteiger partial charge is 0.351 e. The van der Waals surface area contributed by atoms with Gasteiger partial charge in [-0.25, -0.2) is 0 Å². The van der Waals surface area contributed by atoms with E-state index >= 15 is 0 Å². The Kier molecular flexibility index (Phi) is 6.19. The standard InChI is InChI=1S/C17H19ClN2OS/c1-20(2)15(16-4-3-11-22-16)12-19-17(21)10-7-13-5-8-14(18)9-6-13/h3-11,15H,12H2,1-2H3,(H,19,21)/b10-7+. The van der Waals surface area contributed by atoms with E-state index in [0.29, 0.717) is 11.6 Å². The number of rotatable bonds is 6. The van der Waals surface area contributed by atoms with Crippen molar-refractivity contribution in [3.63, 3.8) is 0 Å². The molecule has 0 spiro atoms. The van der Waals surface area contributed by atoms with E-state index in [1.807, 2.05) is 37.7 Å². The summed E-state index contributed by atoms with van der Waals surface area (Å²) in [7, 11) is 4.03. The number of benzene rings is 1. The molecule has 1 unspecified atom stereocenters. The van der Waals surface area contributed by atoms with Gasteiger partial charge < -0.3 is 10.2 Å². The molecular weight excluding hydrogens is 316 g/mol. The van der Waals surface area contributed by atoms with Crippen LogP contribution in [0.4, 0.5) is 0 Å². The molecule has 2 rings (SSSR count). The molecule has 0 saturated carbocycles. The van der Waals surface area contributed by atoms with Gasteiger partial charge in [-0.05, 0) is 49.3 Å². The van der Waals surface area contributed by atoms with Crippen molar-refractivity contribution >= 4 is 34.9 Å². The summed E-state index contributed by atoms with van der Waals surface area (Å²) in [6.45, 7) is 0.581. The summed E-state index contributed by atoms with van der Waals surface area (Å²) >= 11 is 7.53. The van der Waals surface area contributed by atoms with Crippen molar-refractivity contribution in [2.75, 3.05) is 20.6 Å². The van der Waals surface area contributed by atoms with Crippen molar-refractivity contribution in [1.82, 2.24) is 10.2 Å². The zero-order chi connectivity index (χ0) is 15.9. The molecule has 116 valence electrons. The molecule has 5 heteroatoms. The van der Waals surface area contributed by atoms with Crippen molar-refractivity contribution < 1.29 is 4.79 Å². The van der Waals surface area contributed by atoms with E-state index in [9.17, 15) is 4.79 Å². The first-order valence-corrected chi connectivity index (χ1v) is 8.23. The number of likely N-dealkylation sites (N-methyl/N-ethyl adjacent to an activating group) is 1. The van der Waals surface area contributed by atoms with Crippen molar-refractivity contribution in [2.45, 2.75) is 6.04 Å². The first-order valence-electron chi connectivity index (χ1n) is 6.97. The van der Waals surface area contributed by atoms with Crippen LogP contribution in [0.3, 0.4) is 0 Å². The van der Waals surface area contributed by atoms with Gasteiger partial charge >= 0.3 is 0 Å². The second-order valence-corrected chi connectivity index (χ2v) is 6.54. The van der Waals surface area contributed by atoms with Crippen molar-refractivity contribution in [3.8, 4) is 0 Å². The number of amides is 1. The number of halogens is 1. The zero-order valence-corrected chi connectivity index (χ0v) is 14.2. The molecule has 0 saturated heterocycles. The number of nitrogens with zero attached hydrogens (tertiary/aromatic N) is 1. The molecule has 1 amide bonds. The average molecular weight is 335 g/mol. The fraction of sp³-hybridized carbons (Fsp3) is 0.235. The quantitative estimate of drug-likeness (QED) is 0.814. The van der Waals surface area contributed by atoms with Gasteiger partial charge in [0.1, 0.15) is 0 Å². The summed E-state index contributed by atoms with van der Waals surface area (Å²) in [6, 6.07) is 11.7. The number of nitrogens with one attached hydrogen (secondary N) is 1. The van der Waals surface area contributed by atoms with Crippen LogP contribution in [0.1, 0.15) is 16.5 Å². The molecule has 1 N–H and O–H groups in total. The lowest BCUT2D eigenvalue weighted by Crippen LogP contribution is -2.33. The highest BCUT2D eigenvalue weighted by atomic mass is 35.5. The maximum atomic E-state index is 11.9. The van der Waals surface area contributed by atoms with E-state index in [1.54, 1.807) is 35.6 Å². The average Bonchev–Trinajstić information content (AvgIpc) is 3.00. The maximum Gasteiger partial charge on any atom is 0.244 e. The smallest absolute Gasteiger partial charge is 0.244 e. The van der Waals surface area contributed by atoms with Crippen LogP contribution < -0.4 is 5.32 Å². The minimum absolute atomic E-state index is 0.0987. The molecule has 0 fully saturated rings. The maximum absolute atomic E-state index is 11.9. The van der Waals surface area contributed by atoms with Gasteiger partial charge in [-0.3, -0.25) is 4.79 Å². The number of hydrogen-bond acceptors (Lipinski definition) is 3. The van der Waals surface area contributed by atoms with Crippen LogP contribution in [0, 0.1) is 0 Å². The molecule has 0 aliphatic rings. The van der Waals surface area contributed by atoms with Crippen molar-refractivity contribution in [1.29, 1.82) is 0 Å². The van der Waals surface area contributed by atoms with Crippen LogP contribution in [-0.2, 0) is 4.79 Å². The van der Waals surface area contributed by atoms with Crippen molar-refractivity contribution in [3.05, 3.63) is 63.3 Å². The predicted octanol–water partition coefficient (Wildman–Crippen LogP) is 3.83. The van der Waals surface area contributed by atoms with Crippen LogP contribution in [0.5, 0.6) is 0 Å². The highest BCUT2D eigenvalue weighted by molar-refractivity contribution is 7.10. The molecule has 1 aromatic heterocycles. The van der Waals surface area contributed by atoms with Gasteiger partial charge in [-0.15, -0.1) is 11.3 Å². The lowest BCUT2D eigenvalue weighted by molar-refractivity contribution is -0.116. The molecule has 3 nitrogen and oxygen atoms in total. The molecule has 1 heterocycles. The Hall–Kier alpha value is -1.62. The van der Waals surface area contributed by atoms with Gasteiger partial charge in [-0.1, -0.05) is 29.8 Å². The second kappa shape index (κ2) is 8.13. The Balaban J connectivity index is 1.90. The van der Waals surface area contributed by atoms with E-state index < -0.39 is 0 Å². The van der Waals surface area contributed by atoms with Gasteiger partial charge in [-0.2, -0.15) is 0 Å². The van der Waals surface area contributed by atoms with E-state index in [4.69, 9.17) is 11.6 Å². The van der Waals surface area contributed by atoms with Gasteiger partial charge in [0.05, 0.1) is 6.04 Å². The topological polar surface area (TPSA) is 32.3 Å². The van der Waals surface area contributed by atoms with E-state index in [2.05, 4.69) is 16.3 Å². The predicted molar refractivity (Wildman–Crippen MR) is 94.2 cm³/mol. The second-order valence-electron chi connectivity index (χ2n) is 5.12. The third-order valence-corrected chi connectivity index (χ3v) is 4.49. The summed E-state index contributed by atoms with van der Waals surface area (Å²) in [4.78, 5) is 15.3. The van der Waals surface area contributed by atoms with E-state index in [-0.39, 0.29) is 11.9 Å². The van der Waals surface area contributed by atoms with Gasteiger partial charge in [0.25, 0.3) is 0 Å². The minimum atomic E-state index is -0.0987. The van der Waals surface area contributed by atoms with Crippen LogP contribution in [-0.4, -0.2) is 31.4 Å². The van der Waals surface area contributed by atoms with E-state index in [0.717, 1.165) is 5.56 Å². The van der Waals surface area contributed by atoms with Crippen LogP contribution >= 0.6 is 22.9 Å². The summed E-state index contributed by atoms with van der Waals surface area (Å²) in [5.74, 6) is -0.0987. The molecule has 0 bridgehead atoms. The summed E-state index contributed by atoms with van der Waals surface area (Å²) in [5, 5.41) is 5.68.